The zero-order valence-corrected chi connectivity index (χ0v) is 15.8. The third-order valence-corrected chi connectivity index (χ3v) is 5.61. The largest absolute Gasteiger partial charge is 0.393 e. The fraction of sp³-hybridized carbons (Fsp3) is 0.304. The summed E-state index contributed by atoms with van der Waals surface area (Å²) in [4.78, 5) is 28.8. The van der Waals surface area contributed by atoms with Crippen LogP contribution in [0, 0.1) is 12.8 Å². The number of aromatic amines is 1. The number of nitrogens with one attached hydrogen (secondary N) is 2. The summed E-state index contributed by atoms with van der Waals surface area (Å²) in [6.07, 6.45) is 3.21. The van der Waals surface area contributed by atoms with Gasteiger partial charge >= 0.3 is 0 Å². The Balaban J connectivity index is 1.59. The Hall–Kier alpha value is -2.92. The molecule has 5 nitrogen and oxygen atoms in total. The summed E-state index contributed by atoms with van der Waals surface area (Å²) >= 11 is 0. The maximum atomic E-state index is 12.9. The van der Waals surface area contributed by atoms with Crippen molar-refractivity contribution in [2.75, 3.05) is 0 Å². The number of rotatable bonds is 5. The maximum Gasteiger partial charge on any atom is 0.257 e. The second kappa shape index (κ2) is 7.60. The number of hydrogen-bond acceptors (Lipinski definition) is 3. The van der Waals surface area contributed by atoms with Gasteiger partial charge in [0.05, 0.1) is 6.10 Å². The molecular formula is C23H24N2O3. The Morgan fingerprint density at radius 1 is 1.21 bits per heavy atom. The number of aliphatic hydroxyl groups is 1. The van der Waals surface area contributed by atoms with Crippen molar-refractivity contribution >= 4 is 16.8 Å². The first-order chi connectivity index (χ1) is 13.5. The minimum absolute atomic E-state index is 0.120. The molecule has 5 heteroatoms. The van der Waals surface area contributed by atoms with Gasteiger partial charge in [0.1, 0.15) is 5.56 Å². The van der Waals surface area contributed by atoms with Crippen molar-refractivity contribution in [2.45, 2.75) is 38.3 Å². The number of fused-ring (bicyclic) bond motifs is 1. The fourth-order valence-corrected chi connectivity index (χ4v) is 3.91. The number of aliphatic hydroxyl groups excluding tert-OH is 1. The molecule has 1 unspecified atom stereocenters. The third kappa shape index (κ3) is 3.71. The van der Waals surface area contributed by atoms with Gasteiger partial charge < -0.3 is 15.4 Å². The van der Waals surface area contributed by atoms with E-state index in [4.69, 9.17) is 0 Å². The highest BCUT2D eigenvalue weighted by Crippen LogP contribution is 2.32. The number of carbonyl (C=O) groups is 1. The molecule has 0 bridgehead atoms. The van der Waals surface area contributed by atoms with Crippen molar-refractivity contribution in [3.63, 3.8) is 0 Å². The highest BCUT2D eigenvalue weighted by Gasteiger charge is 2.35. The van der Waals surface area contributed by atoms with Crippen molar-refractivity contribution in [1.82, 2.24) is 10.3 Å². The molecule has 1 fully saturated rings. The van der Waals surface area contributed by atoms with Crippen molar-refractivity contribution < 1.29 is 9.90 Å². The quantitative estimate of drug-likeness (QED) is 0.640. The number of pyridine rings is 1. The van der Waals surface area contributed by atoms with Gasteiger partial charge in [-0.2, -0.15) is 0 Å². The van der Waals surface area contributed by atoms with E-state index in [2.05, 4.69) is 10.3 Å². The van der Waals surface area contributed by atoms with Gasteiger partial charge in [-0.25, -0.2) is 0 Å². The first-order valence-corrected chi connectivity index (χ1v) is 9.66. The van der Waals surface area contributed by atoms with Crippen LogP contribution in [-0.4, -0.2) is 28.1 Å². The number of aromatic nitrogens is 1. The van der Waals surface area contributed by atoms with E-state index in [9.17, 15) is 14.7 Å². The molecule has 1 heterocycles. The zero-order valence-electron chi connectivity index (χ0n) is 15.8. The molecule has 0 saturated heterocycles. The van der Waals surface area contributed by atoms with Gasteiger partial charge in [-0.15, -0.1) is 0 Å². The van der Waals surface area contributed by atoms with Crippen LogP contribution in [0.25, 0.3) is 10.9 Å². The first kappa shape index (κ1) is 18.4. The summed E-state index contributed by atoms with van der Waals surface area (Å²) < 4.78 is 0. The predicted octanol–water partition coefficient (Wildman–Crippen LogP) is 2.95. The molecule has 0 aliphatic heterocycles. The Kier molecular flexibility index (Phi) is 5.01. The minimum atomic E-state index is -0.369. The lowest BCUT2D eigenvalue weighted by atomic mass is 9.75. The molecule has 1 amide bonds. The SMILES string of the molecule is Cc1ccc2[nH]cc(C(=O)NC(Cc3ccccc3)C3CC(O)C3)c(=O)c2c1. The van der Waals surface area contributed by atoms with Crippen LogP contribution in [0.4, 0.5) is 0 Å². The average Bonchev–Trinajstić information content (AvgIpc) is 2.66. The van der Waals surface area contributed by atoms with E-state index in [1.165, 1.54) is 6.20 Å². The molecule has 1 saturated carbocycles. The molecule has 144 valence electrons. The van der Waals surface area contributed by atoms with Gasteiger partial charge in [0.2, 0.25) is 5.43 Å². The van der Waals surface area contributed by atoms with Crippen molar-refractivity contribution in [2.24, 2.45) is 5.92 Å². The third-order valence-electron chi connectivity index (χ3n) is 5.61. The molecule has 1 atom stereocenters. The number of benzene rings is 2. The Morgan fingerprint density at radius 2 is 1.96 bits per heavy atom. The fourth-order valence-electron chi connectivity index (χ4n) is 3.91. The number of amides is 1. The number of hydrogen-bond donors (Lipinski definition) is 3. The Morgan fingerprint density at radius 3 is 2.68 bits per heavy atom. The second-order valence-corrected chi connectivity index (χ2v) is 7.74. The van der Waals surface area contributed by atoms with Crippen LogP contribution in [0.15, 0.2) is 59.5 Å². The van der Waals surface area contributed by atoms with E-state index in [1.54, 1.807) is 6.07 Å². The van der Waals surface area contributed by atoms with Crippen LogP contribution in [-0.2, 0) is 6.42 Å². The van der Waals surface area contributed by atoms with Gasteiger partial charge in [0.25, 0.3) is 5.91 Å². The van der Waals surface area contributed by atoms with Gasteiger partial charge in [-0.05, 0) is 49.8 Å². The maximum absolute atomic E-state index is 12.9. The molecule has 1 aliphatic rings. The minimum Gasteiger partial charge on any atom is -0.393 e. The summed E-state index contributed by atoms with van der Waals surface area (Å²) in [7, 11) is 0. The van der Waals surface area contributed by atoms with Gasteiger partial charge in [-0.3, -0.25) is 9.59 Å². The normalized spacial score (nSPS) is 19.8. The lowest BCUT2D eigenvalue weighted by Crippen LogP contribution is -2.49. The highest BCUT2D eigenvalue weighted by atomic mass is 16.3. The van der Waals surface area contributed by atoms with Crippen molar-refractivity contribution in [3.8, 4) is 0 Å². The Bertz CT molecular complexity index is 1050. The van der Waals surface area contributed by atoms with Gasteiger partial charge in [0.15, 0.2) is 0 Å². The van der Waals surface area contributed by atoms with Crippen LogP contribution >= 0.6 is 0 Å². The second-order valence-electron chi connectivity index (χ2n) is 7.74. The summed E-state index contributed by atoms with van der Waals surface area (Å²) in [6, 6.07) is 15.4. The van der Waals surface area contributed by atoms with E-state index in [0.29, 0.717) is 24.6 Å². The lowest BCUT2D eigenvalue weighted by molar-refractivity contribution is 0.0239. The molecule has 0 radical (unpaired) electrons. The van der Waals surface area contributed by atoms with Crippen LogP contribution in [0.3, 0.4) is 0 Å². The Labute approximate surface area is 163 Å². The monoisotopic (exact) mass is 376 g/mol. The lowest BCUT2D eigenvalue weighted by Gasteiger charge is -2.38. The van der Waals surface area contributed by atoms with Crippen LogP contribution in [0.5, 0.6) is 0 Å². The topological polar surface area (TPSA) is 82.2 Å². The van der Waals surface area contributed by atoms with E-state index in [1.807, 2.05) is 49.4 Å². The van der Waals surface area contributed by atoms with E-state index in [0.717, 1.165) is 16.6 Å². The van der Waals surface area contributed by atoms with Crippen LogP contribution in [0.2, 0.25) is 0 Å². The van der Waals surface area contributed by atoms with E-state index >= 15 is 0 Å². The molecule has 28 heavy (non-hydrogen) atoms. The first-order valence-electron chi connectivity index (χ1n) is 9.66. The number of carbonyl (C=O) groups excluding carboxylic acids is 1. The summed E-state index contributed by atoms with van der Waals surface area (Å²) in [5.41, 5.74) is 2.67. The van der Waals surface area contributed by atoms with Crippen molar-refractivity contribution in [3.05, 3.63) is 81.6 Å². The average molecular weight is 376 g/mol. The molecule has 3 N–H and O–H groups in total. The van der Waals surface area contributed by atoms with Gasteiger partial charge in [-0.1, -0.05) is 42.0 Å². The smallest absolute Gasteiger partial charge is 0.257 e. The van der Waals surface area contributed by atoms with E-state index < -0.39 is 0 Å². The number of H-pyrrole nitrogens is 1. The predicted molar refractivity (Wildman–Crippen MR) is 109 cm³/mol. The standard InChI is InChI=1S/C23H24N2O3/c1-14-7-8-20-18(9-14)22(27)19(13-24-20)23(28)25-21(16-11-17(26)12-16)10-15-5-3-2-4-6-15/h2-9,13,16-17,21,26H,10-12H2,1H3,(H,24,27)(H,25,28). The highest BCUT2D eigenvalue weighted by molar-refractivity contribution is 5.97. The van der Waals surface area contributed by atoms with Gasteiger partial charge in [0, 0.05) is 23.1 Å². The molecule has 1 aromatic heterocycles. The summed E-state index contributed by atoms with van der Waals surface area (Å²) in [6.45, 7) is 1.92. The van der Waals surface area contributed by atoms with Crippen LogP contribution in [0.1, 0.15) is 34.3 Å². The molecular weight excluding hydrogens is 352 g/mol. The van der Waals surface area contributed by atoms with Crippen molar-refractivity contribution in [1.29, 1.82) is 0 Å². The number of aryl methyl sites for hydroxylation is 1. The zero-order chi connectivity index (χ0) is 19.7. The van der Waals surface area contributed by atoms with Crippen LogP contribution < -0.4 is 10.7 Å². The molecule has 0 spiro atoms. The molecule has 3 aromatic rings. The summed E-state index contributed by atoms with van der Waals surface area (Å²) in [5, 5.41) is 13.3. The summed E-state index contributed by atoms with van der Waals surface area (Å²) in [5.74, 6) is -0.159. The molecule has 4 rings (SSSR count). The molecule has 1 aliphatic carbocycles. The molecule has 2 aromatic carbocycles. The van der Waals surface area contributed by atoms with E-state index in [-0.39, 0.29) is 35.0 Å².